The molecule has 1 saturated heterocycles. The molecule has 6 heteroatoms. The molecule has 22 heavy (non-hydrogen) atoms. The van der Waals surface area contributed by atoms with Crippen LogP contribution < -0.4 is 10.6 Å². The number of piperidine rings is 1. The molecular weight excluding hydrogens is 283 g/mol. The van der Waals surface area contributed by atoms with Crippen molar-refractivity contribution in [1.29, 1.82) is 0 Å². The van der Waals surface area contributed by atoms with Gasteiger partial charge in [0.1, 0.15) is 5.82 Å². The third-order valence-corrected chi connectivity index (χ3v) is 4.20. The third kappa shape index (κ3) is 2.68. The second kappa shape index (κ2) is 5.79. The summed E-state index contributed by atoms with van der Waals surface area (Å²) in [6, 6.07) is 4.64. The minimum atomic E-state index is -0.725. The minimum absolute atomic E-state index is 0.0191. The average molecular weight is 302 g/mol. The van der Waals surface area contributed by atoms with Gasteiger partial charge in [-0.25, -0.2) is 4.39 Å². The third-order valence-electron chi connectivity index (χ3n) is 4.20. The molecular formula is C16H19FN4O. The van der Waals surface area contributed by atoms with E-state index in [0.717, 1.165) is 25.9 Å². The normalized spacial score (nSPS) is 18.5. The molecule has 2 heterocycles. The lowest BCUT2D eigenvalue weighted by molar-refractivity contribution is 0.0997. The number of aromatic nitrogens is 2. The minimum Gasteiger partial charge on any atom is -0.370 e. The van der Waals surface area contributed by atoms with Crippen molar-refractivity contribution < 1.29 is 9.18 Å². The average Bonchev–Trinajstić information content (AvgIpc) is 2.93. The van der Waals surface area contributed by atoms with Crippen molar-refractivity contribution in [1.82, 2.24) is 9.78 Å². The van der Waals surface area contributed by atoms with Gasteiger partial charge in [-0.3, -0.25) is 9.48 Å². The zero-order valence-electron chi connectivity index (χ0n) is 12.5. The molecule has 5 nitrogen and oxygen atoms in total. The summed E-state index contributed by atoms with van der Waals surface area (Å²) in [7, 11) is 1.89. The molecule has 0 radical (unpaired) electrons. The summed E-state index contributed by atoms with van der Waals surface area (Å²) in [4.78, 5) is 13.6. The summed E-state index contributed by atoms with van der Waals surface area (Å²) in [5.74, 6) is -0.962. The molecule has 0 spiro atoms. The van der Waals surface area contributed by atoms with Crippen LogP contribution in [0.25, 0.3) is 0 Å². The van der Waals surface area contributed by atoms with E-state index in [-0.39, 0.29) is 5.56 Å². The van der Waals surface area contributed by atoms with Crippen LogP contribution in [0.2, 0.25) is 0 Å². The smallest absolute Gasteiger partial charge is 0.253 e. The van der Waals surface area contributed by atoms with Gasteiger partial charge in [0.15, 0.2) is 0 Å². The maximum absolute atomic E-state index is 13.9. The molecule has 1 aromatic carbocycles. The van der Waals surface area contributed by atoms with Crippen molar-refractivity contribution in [2.24, 2.45) is 12.8 Å². The number of hydrogen-bond donors (Lipinski definition) is 1. The molecule has 1 fully saturated rings. The highest BCUT2D eigenvalue weighted by atomic mass is 19.1. The van der Waals surface area contributed by atoms with Crippen molar-refractivity contribution >= 4 is 11.6 Å². The first-order valence-electron chi connectivity index (χ1n) is 7.38. The second-order valence-corrected chi connectivity index (χ2v) is 5.73. The lowest BCUT2D eigenvalue weighted by atomic mass is 9.92. The lowest BCUT2D eigenvalue weighted by Gasteiger charge is -2.35. The predicted octanol–water partition coefficient (Wildman–Crippen LogP) is 2.04. The quantitative estimate of drug-likeness (QED) is 0.943. The van der Waals surface area contributed by atoms with E-state index >= 15 is 0 Å². The zero-order valence-corrected chi connectivity index (χ0v) is 12.5. The van der Waals surface area contributed by atoms with Crippen molar-refractivity contribution in [3.05, 3.63) is 47.5 Å². The van der Waals surface area contributed by atoms with Gasteiger partial charge in [-0.15, -0.1) is 0 Å². The van der Waals surface area contributed by atoms with E-state index in [9.17, 15) is 9.18 Å². The van der Waals surface area contributed by atoms with E-state index in [0.29, 0.717) is 11.6 Å². The lowest BCUT2D eigenvalue weighted by Crippen LogP contribution is -2.36. The van der Waals surface area contributed by atoms with E-state index in [4.69, 9.17) is 5.73 Å². The van der Waals surface area contributed by atoms with E-state index in [1.165, 1.54) is 11.6 Å². The van der Waals surface area contributed by atoms with Crippen molar-refractivity contribution in [3.63, 3.8) is 0 Å². The molecule has 0 saturated carbocycles. The number of amides is 1. The maximum Gasteiger partial charge on any atom is 0.253 e. The summed E-state index contributed by atoms with van der Waals surface area (Å²) in [5.41, 5.74) is 7.09. The molecule has 116 valence electrons. The highest BCUT2D eigenvalue weighted by Crippen LogP contribution is 2.32. The number of benzene rings is 1. The van der Waals surface area contributed by atoms with Crippen molar-refractivity contribution in [2.75, 3.05) is 18.0 Å². The number of carbonyl (C=O) groups is 1. The van der Waals surface area contributed by atoms with Crippen molar-refractivity contribution in [3.8, 4) is 0 Å². The fourth-order valence-electron chi connectivity index (χ4n) is 3.14. The fraction of sp³-hybridized carbons (Fsp3) is 0.375. The predicted molar refractivity (Wildman–Crippen MR) is 82.3 cm³/mol. The van der Waals surface area contributed by atoms with Gasteiger partial charge < -0.3 is 10.6 Å². The Morgan fingerprint density at radius 3 is 2.95 bits per heavy atom. The van der Waals surface area contributed by atoms with Crippen LogP contribution in [-0.2, 0) is 7.05 Å². The number of anilines is 1. The van der Waals surface area contributed by atoms with Crippen LogP contribution in [0.3, 0.4) is 0 Å². The Hall–Kier alpha value is -2.37. The molecule has 1 aliphatic heterocycles. The van der Waals surface area contributed by atoms with Crippen molar-refractivity contribution in [2.45, 2.75) is 18.8 Å². The van der Waals surface area contributed by atoms with Gasteiger partial charge >= 0.3 is 0 Å². The molecule has 3 rings (SSSR count). The van der Waals surface area contributed by atoms with Gasteiger partial charge in [-0.05, 0) is 30.5 Å². The van der Waals surface area contributed by atoms with Gasteiger partial charge in [-0.2, -0.15) is 5.10 Å². The van der Waals surface area contributed by atoms with E-state index in [2.05, 4.69) is 5.10 Å². The molecule has 1 atom stereocenters. The molecule has 0 aliphatic carbocycles. The summed E-state index contributed by atoms with van der Waals surface area (Å²) >= 11 is 0. The maximum atomic E-state index is 13.9. The highest BCUT2D eigenvalue weighted by molar-refractivity contribution is 5.99. The molecule has 1 amide bonds. The Morgan fingerprint density at radius 2 is 2.27 bits per heavy atom. The van der Waals surface area contributed by atoms with Crippen LogP contribution in [0.15, 0.2) is 30.6 Å². The number of halogens is 1. The topological polar surface area (TPSA) is 64.2 Å². The van der Waals surface area contributed by atoms with Gasteiger partial charge in [0.25, 0.3) is 5.91 Å². The molecule has 1 aromatic heterocycles. The van der Waals surface area contributed by atoms with Crippen LogP contribution >= 0.6 is 0 Å². The fourth-order valence-corrected chi connectivity index (χ4v) is 3.14. The summed E-state index contributed by atoms with van der Waals surface area (Å²) in [6.45, 7) is 1.52. The number of nitrogens with zero attached hydrogens (tertiary/aromatic N) is 3. The Labute approximate surface area is 128 Å². The standard InChI is InChI=1S/C16H19FN4O/c1-20-9-12(8-19-20)11-4-3-7-21(10-11)14-6-2-5-13(17)15(14)16(18)22/h2,5-6,8-9,11H,3-4,7,10H2,1H3,(H2,18,22). The summed E-state index contributed by atoms with van der Waals surface area (Å²) in [6.07, 6.45) is 5.92. The largest absolute Gasteiger partial charge is 0.370 e. The Kier molecular flexibility index (Phi) is 3.83. The molecule has 1 aliphatic rings. The van der Waals surface area contributed by atoms with E-state index in [1.54, 1.807) is 16.8 Å². The van der Waals surface area contributed by atoms with Gasteiger partial charge in [0, 0.05) is 32.3 Å². The van der Waals surface area contributed by atoms with Gasteiger partial charge in [0.05, 0.1) is 17.4 Å². The number of aryl methyl sites for hydroxylation is 1. The van der Waals surface area contributed by atoms with Crippen LogP contribution in [0, 0.1) is 5.82 Å². The van der Waals surface area contributed by atoms with Gasteiger partial charge in [-0.1, -0.05) is 6.07 Å². The number of rotatable bonds is 3. The highest BCUT2D eigenvalue weighted by Gasteiger charge is 2.26. The summed E-state index contributed by atoms with van der Waals surface area (Å²) in [5, 5.41) is 4.21. The van der Waals surface area contributed by atoms with Crippen LogP contribution in [0.5, 0.6) is 0 Å². The number of hydrogen-bond acceptors (Lipinski definition) is 3. The van der Waals surface area contributed by atoms with Crippen LogP contribution in [-0.4, -0.2) is 28.8 Å². The Morgan fingerprint density at radius 1 is 1.45 bits per heavy atom. The summed E-state index contributed by atoms with van der Waals surface area (Å²) < 4.78 is 15.7. The first kappa shape index (κ1) is 14.6. The first-order chi connectivity index (χ1) is 10.6. The molecule has 0 bridgehead atoms. The van der Waals surface area contributed by atoms with E-state index in [1.807, 2.05) is 24.3 Å². The van der Waals surface area contributed by atoms with E-state index < -0.39 is 11.7 Å². The molecule has 1 unspecified atom stereocenters. The number of nitrogens with two attached hydrogens (primary N) is 1. The zero-order chi connectivity index (χ0) is 15.7. The molecule has 2 aromatic rings. The second-order valence-electron chi connectivity index (χ2n) is 5.73. The van der Waals surface area contributed by atoms with Crippen LogP contribution in [0.1, 0.15) is 34.7 Å². The first-order valence-corrected chi connectivity index (χ1v) is 7.38. The number of primary amides is 1. The Balaban J connectivity index is 1.89. The van der Waals surface area contributed by atoms with Gasteiger partial charge in [0.2, 0.25) is 0 Å². The van der Waals surface area contributed by atoms with Crippen LogP contribution in [0.4, 0.5) is 10.1 Å². The SMILES string of the molecule is Cn1cc(C2CCCN(c3cccc(F)c3C(N)=O)C2)cn1. The number of carbonyl (C=O) groups excluding carboxylic acids is 1. The monoisotopic (exact) mass is 302 g/mol. The molecule has 2 N–H and O–H groups in total. The Bertz CT molecular complexity index is 697.